The summed E-state index contributed by atoms with van der Waals surface area (Å²) >= 11 is 0. The van der Waals surface area contributed by atoms with Gasteiger partial charge in [-0.15, -0.1) is 6.42 Å². The summed E-state index contributed by atoms with van der Waals surface area (Å²) in [5, 5.41) is 2.46. The first-order valence-electron chi connectivity index (χ1n) is 12.4. The molecule has 3 unspecified atom stereocenters. The summed E-state index contributed by atoms with van der Waals surface area (Å²) in [6.07, 6.45) is 6.48. The summed E-state index contributed by atoms with van der Waals surface area (Å²) in [5.74, 6) is 3.00. The van der Waals surface area contributed by atoms with E-state index >= 15 is 0 Å². The van der Waals surface area contributed by atoms with Crippen LogP contribution in [0.5, 0.6) is 0 Å². The zero-order valence-electron chi connectivity index (χ0n) is 22.2. The van der Waals surface area contributed by atoms with Crippen molar-refractivity contribution in [3.05, 3.63) is 60.7 Å². The fourth-order valence-electron chi connectivity index (χ4n) is 4.37. The van der Waals surface area contributed by atoms with Crippen LogP contribution >= 0.6 is 0 Å². The fraction of sp³-hybridized carbons (Fsp3) is 0.517. The predicted molar refractivity (Wildman–Crippen MR) is 148 cm³/mol. The van der Waals surface area contributed by atoms with Crippen LogP contribution < -0.4 is 10.4 Å². The van der Waals surface area contributed by atoms with E-state index in [9.17, 15) is 0 Å². The smallest absolute Gasteiger partial charge is 0.262 e. The van der Waals surface area contributed by atoms with Gasteiger partial charge in [0.15, 0.2) is 8.32 Å². The standard InChI is InChI=1S/C29H42O3Si2/c1-10-23(21-26(27-22-30-27)32-33(8,9)28(2,3)4)31-34(29(5,6)7,24-17-13-11-14-18-24)25-19-15-12-16-20-25/h1,11-20,23,26-27H,21-22H2,2-9H3. The van der Waals surface area contributed by atoms with E-state index in [0.29, 0.717) is 6.42 Å². The van der Waals surface area contributed by atoms with Crippen molar-refractivity contribution in [2.24, 2.45) is 0 Å². The van der Waals surface area contributed by atoms with Gasteiger partial charge in [0.25, 0.3) is 8.32 Å². The number of hydrogen-bond donors (Lipinski definition) is 0. The van der Waals surface area contributed by atoms with E-state index in [2.05, 4.69) is 121 Å². The maximum atomic E-state index is 7.22. The second-order valence-corrected chi connectivity index (χ2v) is 21.0. The van der Waals surface area contributed by atoms with Crippen LogP contribution in [0, 0.1) is 12.3 Å². The van der Waals surface area contributed by atoms with Crippen molar-refractivity contribution < 1.29 is 13.6 Å². The average molecular weight is 495 g/mol. The minimum absolute atomic E-state index is 0.0554. The highest BCUT2D eigenvalue weighted by atomic mass is 28.4. The van der Waals surface area contributed by atoms with Crippen molar-refractivity contribution in [3.63, 3.8) is 0 Å². The van der Waals surface area contributed by atoms with Crippen molar-refractivity contribution in [1.29, 1.82) is 0 Å². The molecule has 1 saturated heterocycles. The highest BCUT2D eigenvalue weighted by molar-refractivity contribution is 6.99. The van der Waals surface area contributed by atoms with E-state index in [4.69, 9.17) is 20.0 Å². The van der Waals surface area contributed by atoms with Crippen LogP contribution in [0.4, 0.5) is 0 Å². The number of ether oxygens (including phenoxy) is 1. The lowest BCUT2D eigenvalue weighted by molar-refractivity contribution is 0.0959. The molecule has 0 aliphatic carbocycles. The molecule has 1 aliphatic heterocycles. The molecule has 5 heteroatoms. The minimum atomic E-state index is -2.74. The monoisotopic (exact) mass is 494 g/mol. The van der Waals surface area contributed by atoms with Gasteiger partial charge in [-0.3, -0.25) is 0 Å². The van der Waals surface area contributed by atoms with Gasteiger partial charge in [0.1, 0.15) is 12.2 Å². The first-order valence-corrected chi connectivity index (χ1v) is 17.2. The molecule has 3 rings (SSSR count). The van der Waals surface area contributed by atoms with Gasteiger partial charge in [-0.1, -0.05) is 108 Å². The largest absolute Gasteiger partial charge is 0.411 e. The van der Waals surface area contributed by atoms with Crippen molar-refractivity contribution in [3.8, 4) is 12.3 Å². The zero-order chi connectivity index (χ0) is 25.2. The van der Waals surface area contributed by atoms with E-state index in [1.165, 1.54) is 10.4 Å². The first-order chi connectivity index (χ1) is 15.8. The highest BCUT2D eigenvalue weighted by Crippen LogP contribution is 2.41. The fourth-order valence-corrected chi connectivity index (χ4v) is 10.3. The molecule has 3 nitrogen and oxygen atoms in total. The molecule has 0 aromatic heterocycles. The second kappa shape index (κ2) is 10.1. The predicted octanol–water partition coefficient (Wildman–Crippen LogP) is 5.74. The Hall–Kier alpha value is -1.69. The molecule has 1 aliphatic rings. The zero-order valence-corrected chi connectivity index (χ0v) is 24.2. The van der Waals surface area contributed by atoms with Crippen molar-refractivity contribution in [2.45, 2.75) is 89.4 Å². The molecular formula is C29H42O3Si2. The van der Waals surface area contributed by atoms with Crippen LogP contribution in [0.15, 0.2) is 60.7 Å². The Labute approximate surface area is 209 Å². The Morgan fingerprint density at radius 1 is 0.882 bits per heavy atom. The summed E-state index contributed by atoms with van der Waals surface area (Å²) in [4.78, 5) is 0. The minimum Gasteiger partial charge on any atom is -0.411 e. The van der Waals surface area contributed by atoms with E-state index in [0.717, 1.165) is 6.61 Å². The summed E-state index contributed by atoms with van der Waals surface area (Å²) < 4.78 is 19.8. The number of benzene rings is 2. The molecule has 2 aromatic rings. The Balaban J connectivity index is 2.00. The molecule has 0 radical (unpaired) electrons. The van der Waals surface area contributed by atoms with Gasteiger partial charge < -0.3 is 13.6 Å². The van der Waals surface area contributed by atoms with Crippen molar-refractivity contribution >= 4 is 27.0 Å². The van der Waals surface area contributed by atoms with Crippen LogP contribution in [0.2, 0.25) is 23.2 Å². The maximum absolute atomic E-state index is 7.22. The van der Waals surface area contributed by atoms with Crippen molar-refractivity contribution in [2.75, 3.05) is 6.61 Å². The maximum Gasteiger partial charge on any atom is 0.262 e. The average Bonchev–Trinajstić information content (AvgIpc) is 3.61. The van der Waals surface area contributed by atoms with E-state index < -0.39 is 16.6 Å². The summed E-state index contributed by atoms with van der Waals surface area (Å²) in [7, 11) is -4.72. The van der Waals surface area contributed by atoms with Crippen LogP contribution in [-0.4, -0.2) is 41.6 Å². The van der Waals surface area contributed by atoms with Gasteiger partial charge in [0.2, 0.25) is 0 Å². The Morgan fingerprint density at radius 3 is 1.71 bits per heavy atom. The molecule has 0 bridgehead atoms. The summed E-state index contributed by atoms with van der Waals surface area (Å²) in [6.45, 7) is 18.9. The number of rotatable bonds is 9. The van der Waals surface area contributed by atoms with E-state index in [1.807, 2.05) is 0 Å². The van der Waals surface area contributed by atoms with Crippen LogP contribution in [0.3, 0.4) is 0 Å². The normalized spacial score (nSPS) is 18.7. The van der Waals surface area contributed by atoms with Gasteiger partial charge in [0, 0.05) is 6.42 Å². The molecule has 1 heterocycles. The molecule has 1 fully saturated rings. The van der Waals surface area contributed by atoms with E-state index in [-0.39, 0.29) is 28.4 Å². The second-order valence-electron chi connectivity index (χ2n) is 12.0. The Morgan fingerprint density at radius 2 is 1.35 bits per heavy atom. The third-order valence-electron chi connectivity index (χ3n) is 7.39. The third kappa shape index (κ3) is 5.75. The molecule has 0 N–H and O–H groups in total. The lowest BCUT2D eigenvalue weighted by Gasteiger charge is -2.45. The SMILES string of the molecule is C#CC(CC(O[Si](C)(C)C(C)(C)C)C1CO1)O[Si](c1ccccc1)(c1ccccc1)C(C)(C)C. The van der Waals surface area contributed by atoms with Crippen LogP contribution in [0.1, 0.15) is 48.0 Å². The van der Waals surface area contributed by atoms with Crippen LogP contribution in [0.25, 0.3) is 0 Å². The molecule has 0 saturated carbocycles. The lowest BCUT2D eigenvalue weighted by atomic mass is 10.1. The molecule has 34 heavy (non-hydrogen) atoms. The van der Waals surface area contributed by atoms with Gasteiger partial charge in [-0.2, -0.15) is 0 Å². The molecule has 3 atom stereocenters. The number of epoxide rings is 1. The lowest BCUT2D eigenvalue weighted by Crippen LogP contribution is -2.67. The molecule has 2 aromatic carbocycles. The topological polar surface area (TPSA) is 31.0 Å². The highest BCUT2D eigenvalue weighted by Gasteiger charge is 2.52. The molecule has 0 amide bonds. The Kier molecular flexibility index (Phi) is 8.01. The van der Waals surface area contributed by atoms with Gasteiger partial charge in [-0.05, 0) is 33.5 Å². The van der Waals surface area contributed by atoms with Gasteiger partial charge >= 0.3 is 0 Å². The van der Waals surface area contributed by atoms with Gasteiger partial charge in [0.05, 0.1) is 12.7 Å². The summed E-state index contributed by atoms with van der Waals surface area (Å²) in [5.41, 5.74) is 0. The first kappa shape index (κ1) is 26.9. The number of terminal acetylenes is 1. The molecule has 184 valence electrons. The van der Waals surface area contributed by atoms with Crippen LogP contribution in [-0.2, 0) is 13.6 Å². The quantitative estimate of drug-likeness (QED) is 0.253. The third-order valence-corrected chi connectivity index (χ3v) is 16.9. The number of hydrogen-bond acceptors (Lipinski definition) is 3. The van der Waals surface area contributed by atoms with E-state index in [1.54, 1.807) is 0 Å². The molecule has 0 spiro atoms. The Bertz CT molecular complexity index is 925. The van der Waals surface area contributed by atoms with Crippen molar-refractivity contribution in [1.82, 2.24) is 0 Å². The van der Waals surface area contributed by atoms with Gasteiger partial charge in [-0.25, -0.2) is 0 Å². The summed E-state index contributed by atoms with van der Waals surface area (Å²) in [6, 6.07) is 21.3. The molecular weight excluding hydrogens is 452 g/mol.